The van der Waals surface area contributed by atoms with Gasteiger partial charge in [0, 0.05) is 0 Å². The zero-order valence-corrected chi connectivity index (χ0v) is 14.7. The van der Waals surface area contributed by atoms with E-state index < -0.39 is 11.9 Å². The minimum Gasteiger partial charge on any atom is -0.228 e. The number of benzene rings is 1. The molecule has 0 N–H and O–H groups in total. The molecular formula is C20H19F3N4. The molecule has 0 radical (unpaired) electrons. The van der Waals surface area contributed by atoms with Gasteiger partial charge in [0.2, 0.25) is 0 Å². The average Bonchev–Trinajstić information content (AvgIpc) is 3.08. The fraction of sp³-hybridized carbons (Fsp3) is 0.350. The van der Waals surface area contributed by atoms with E-state index in [0.717, 1.165) is 54.5 Å². The molecule has 7 heteroatoms. The third-order valence-electron chi connectivity index (χ3n) is 4.88. The van der Waals surface area contributed by atoms with Crippen LogP contribution in [0, 0.1) is 0 Å². The molecular weight excluding hydrogens is 353 g/mol. The van der Waals surface area contributed by atoms with Gasteiger partial charge in [-0.05, 0) is 49.4 Å². The SMILES string of the molecule is FC(F)(F)c1c(-c2cc3c(nn2)CCCCCC3)cnn1-c1ccccc1. The van der Waals surface area contributed by atoms with Crippen molar-refractivity contribution in [2.24, 2.45) is 0 Å². The lowest BCUT2D eigenvalue weighted by molar-refractivity contribution is -0.142. The second-order valence-electron chi connectivity index (χ2n) is 6.77. The maximum Gasteiger partial charge on any atom is 0.434 e. The van der Waals surface area contributed by atoms with Crippen LogP contribution in [0.2, 0.25) is 0 Å². The maximum atomic E-state index is 13.9. The van der Waals surface area contributed by atoms with E-state index in [1.165, 1.54) is 6.20 Å². The fourth-order valence-electron chi connectivity index (χ4n) is 3.55. The van der Waals surface area contributed by atoms with Crippen molar-refractivity contribution in [2.45, 2.75) is 44.7 Å². The van der Waals surface area contributed by atoms with Crippen molar-refractivity contribution < 1.29 is 13.2 Å². The first-order chi connectivity index (χ1) is 13.0. The number of alkyl halides is 3. The van der Waals surface area contributed by atoms with E-state index >= 15 is 0 Å². The normalized spacial score (nSPS) is 15.1. The molecule has 1 aliphatic rings. The molecule has 3 aromatic rings. The summed E-state index contributed by atoms with van der Waals surface area (Å²) in [5.74, 6) is 0. The minimum absolute atomic E-state index is 0.0382. The van der Waals surface area contributed by atoms with Crippen LogP contribution in [0.5, 0.6) is 0 Å². The van der Waals surface area contributed by atoms with Gasteiger partial charge in [-0.2, -0.15) is 28.5 Å². The van der Waals surface area contributed by atoms with Crippen LogP contribution in [0.15, 0.2) is 42.6 Å². The number of aryl methyl sites for hydroxylation is 2. The number of hydrogen-bond acceptors (Lipinski definition) is 3. The zero-order chi connectivity index (χ0) is 18.9. The van der Waals surface area contributed by atoms with Gasteiger partial charge < -0.3 is 0 Å². The number of halogens is 3. The second kappa shape index (κ2) is 7.13. The van der Waals surface area contributed by atoms with Crippen molar-refractivity contribution in [2.75, 3.05) is 0 Å². The first-order valence-electron chi connectivity index (χ1n) is 9.10. The largest absolute Gasteiger partial charge is 0.434 e. The highest BCUT2D eigenvalue weighted by Crippen LogP contribution is 2.38. The molecule has 0 spiro atoms. The molecule has 0 atom stereocenters. The van der Waals surface area contributed by atoms with Crippen LogP contribution in [0.25, 0.3) is 16.9 Å². The van der Waals surface area contributed by atoms with Crippen molar-refractivity contribution >= 4 is 0 Å². The zero-order valence-electron chi connectivity index (χ0n) is 14.7. The number of para-hydroxylation sites is 1. The van der Waals surface area contributed by atoms with Crippen molar-refractivity contribution in [3.63, 3.8) is 0 Å². The molecule has 0 saturated heterocycles. The summed E-state index contributed by atoms with van der Waals surface area (Å²) >= 11 is 0. The van der Waals surface area contributed by atoms with Crippen molar-refractivity contribution in [1.82, 2.24) is 20.0 Å². The Kier molecular flexibility index (Phi) is 4.68. The van der Waals surface area contributed by atoms with E-state index in [-0.39, 0.29) is 11.3 Å². The summed E-state index contributed by atoms with van der Waals surface area (Å²) < 4.78 is 42.5. The molecule has 0 unspecified atom stereocenters. The Balaban J connectivity index is 1.82. The molecule has 140 valence electrons. The molecule has 2 heterocycles. The number of nitrogens with zero attached hydrogens (tertiary/aromatic N) is 4. The van der Waals surface area contributed by atoms with Crippen molar-refractivity contribution in [3.05, 3.63) is 59.5 Å². The maximum absolute atomic E-state index is 13.9. The average molecular weight is 372 g/mol. The lowest BCUT2D eigenvalue weighted by Crippen LogP contribution is -2.15. The third-order valence-corrected chi connectivity index (χ3v) is 4.88. The highest BCUT2D eigenvalue weighted by atomic mass is 19.4. The molecule has 1 aromatic carbocycles. The van der Waals surface area contributed by atoms with Gasteiger partial charge in [0.25, 0.3) is 0 Å². The van der Waals surface area contributed by atoms with Crippen LogP contribution in [0.3, 0.4) is 0 Å². The molecule has 1 aliphatic carbocycles. The summed E-state index contributed by atoms with van der Waals surface area (Å²) in [4.78, 5) is 0. The van der Waals surface area contributed by atoms with Crippen molar-refractivity contribution in [1.29, 1.82) is 0 Å². The number of rotatable bonds is 2. The molecule has 0 bridgehead atoms. The highest BCUT2D eigenvalue weighted by molar-refractivity contribution is 5.64. The van der Waals surface area contributed by atoms with Crippen molar-refractivity contribution in [3.8, 4) is 16.9 Å². The Morgan fingerprint density at radius 2 is 1.63 bits per heavy atom. The summed E-state index contributed by atoms with van der Waals surface area (Å²) in [6, 6.07) is 10.1. The van der Waals surface area contributed by atoms with E-state index in [4.69, 9.17) is 0 Å². The van der Waals surface area contributed by atoms with Crippen LogP contribution in [0.4, 0.5) is 13.2 Å². The van der Waals surface area contributed by atoms with Crippen LogP contribution < -0.4 is 0 Å². The fourth-order valence-corrected chi connectivity index (χ4v) is 3.55. The number of hydrogen-bond donors (Lipinski definition) is 0. The van der Waals surface area contributed by atoms with E-state index in [2.05, 4.69) is 15.3 Å². The molecule has 0 fully saturated rings. The summed E-state index contributed by atoms with van der Waals surface area (Å²) in [7, 11) is 0. The second-order valence-corrected chi connectivity index (χ2v) is 6.77. The summed E-state index contributed by atoms with van der Waals surface area (Å²) in [6.07, 6.45) is 2.68. The predicted molar refractivity (Wildman–Crippen MR) is 95.5 cm³/mol. The van der Waals surface area contributed by atoms with Crippen LogP contribution in [-0.2, 0) is 19.0 Å². The van der Waals surface area contributed by atoms with Crippen LogP contribution in [-0.4, -0.2) is 20.0 Å². The van der Waals surface area contributed by atoms with Crippen LogP contribution in [0.1, 0.15) is 42.6 Å². The molecule has 2 aromatic heterocycles. The lowest BCUT2D eigenvalue weighted by atomic mass is 9.96. The van der Waals surface area contributed by atoms with Gasteiger partial charge in [-0.25, -0.2) is 4.68 Å². The quantitative estimate of drug-likeness (QED) is 0.635. The molecule has 4 rings (SSSR count). The van der Waals surface area contributed by atoms with Gasteiger partial charge in [-0.1, -0.05) is 31.0 Å². The van der Waals surface area contributed by atoms with E-state index in [1.54, 1.807) is 36.4 Å². The Labute approximate surface area is 155 Å². The molecule has 27 heavy (non-hydrogen) atoms. The van der Waals surface area contributed by atoms with Gasteiger partial charge in [0.05, 0.1) is 28.8 Å². The summed E-state index contributed by atoms with van der Waals surface area (Å²) in [5.41, 5.74) is 1.62. The Morgan fingerprint density at radius 3 is 2.37 bits per heavy atom. The molecule has 0 amide bonds. The Hall–Kier alpha value is -2.70. The highest BCUT2D eigenvalue weighted by Gasteiger charge is 2.39. The van der Waals surface area contributed by atoms with Gasteiger partial charge in [0.15, 0.2) is 5.69 Å². The molecule has 0 aliphatic heterocycles. The predicted octanol–water partition coefficient (Wildman–Crippen LogP) is 5.01. The smallest absolute Gasteiger partial charge is 0.228 e. The third kappa shape index (κ3) is 3.59. The van der Waals surface area contributed by atoms with Gasteiger partial charge >= 0.3 is 6.18 Å². The summed E-state index contributed by atoms with van der Waals surface area (Å²) in [5, 5.41) is 12.4. The lowest BCUT2D eigenvalue weighted by Gasteiger charge is -2.15. The van der Waals surface area contributed by atoms with Gasteiger partial charge in [-0.15, -0.1) is 0 Å². The molecule has 4 nitrogen and oxygen atoms in total. The van der Waals surface area contributed by atoms with Gasteiger partial charge in [0.1, 0.15) is 0 Å². The Bertz CT molecular complexity index is 932. The standard InChI is InChI=1S/C20H19F3N4/c21-20(22,23)19-16(13-24-27(19)15-9-5-3-6-10-15)18-12-14-8-4-1-2-7-11-17(14)25-26-18/h3,5-6,9-10,12-13H,1-2,4,7-8,11H2. The van der Waals surface area contributed by atoms with E-state index in [1.807, 2.05) is 0 Å². The van der Waals surface area contributed by atoms with Gasteiger partial charge in [-0.3, -0.25) is 0 Å². The number of fused-ring (bicyclic) bond motifs is 1. The van der Waals surface area contributed by atoms with E-state index in [0.29, 0.717) is 5.69 Å². The minimum atomic E-state index is -4.56. The topological polar surface area (TPSA) is 43.6 Å². The summed E-state index contributed by atoms with van der Waals surface area (Å²) in [6.45, 7) is 0. The molecule has 0 saturated carbocycles. The monoisotopic (exact) mass is 372 g/mol. The van der Waals surface area contributed by atoms with E-state index in [9.17, 15) is 13.2 Å². The first kappa shape index (κ1) is 17.7. The van der Waals surface area contributed by atoms with Crippen LogP contribution >= 0.6 is 0 Å². The number of aromatic nitrogens is 4. The first-order valence-corrected chi connectivity index (χ1v) is 9.10. The Morgan fingerprint density at radius 1 is 0.889 bits per heavy atom.